The fraction of sp³-hybridized carbons (Fsp3) is 0.312. The summed E-state index contributed by atoms with van der Waals surface area (Å²) in [7, 11) is 2.12. The van der Waals surface area contributed by atoms with Crippen molar-refractivity contribution in [3.63, 3.8) is 0 Å². The summed E-state index contributed by atoms with van der Waals surface area (Å²) in [5.41, 5.74) is 1.24. The van der Waals surface area contributed by atoms with Crippen molar-refractivity contribution in [3.05, 3.63) is 60.4 Å². The highest BCUT2D eigenvalue weighted by Crippen LogP contribution is 2.08. The Balaban J connectivity index is 1.63. The van der Waals surface area contributed by atoms with Gasteiger partial charge < -0.3 is 9.64 Å². The van der Waals surface area contributed by atoms with E-state index in [0.29, 0.717) is 0 Å². The summed E-state index contributed by atoms with van der Waals surface area (Å²) in [4.78, 5) is 6.41. The largest absolute Gasteiger partial charge is 0.494 e. The second-order valence-corrected chi connectivity index (χ2v) is 4.61. The van der Waals surface area contributed by atoms with E-state index in [0.717, 1.165) is 31.9 Å². The van der Waals surface area contributed by atoms with Crippen molar-refractivity contribution in [3.8, 4) is 5.75 Å². The Labute approximate surface area is 114 Å². The SMILES string of the molecule is CN(CCCOc1ccccc1)Cc1cccnc1. The van der Waals surface area contributed by atoms with Crippen LogP contribution in [0.5, 0.6) is 5.75 Å². The quantitative estimate of drug-likeness (QED) is 0.712. The van der Waals surface area contributed by atoms with Crippen LogP contribution in [-0.2, 0) is 6.54 Å². The lowest BCUT2D eigenvalue weighted by Crippen LogP contribution is -2.20. The predicted octanol–water partition coefficient (Wildman–Crippen LogP) is 2.98. The van der Waals surface area contributed by atoms with E-state index in [4.69, 9.17) is 4.74 Å². The second kappa shape index (κ2) is 7.54. The van der Waals surface area contributed by atoms with Crippen LogP contribution in [0.25, 0.3) is 0 Å². The van der Waals surface area contributed by atoms with E-state index in [-0.39, 0.29) is 0 Å². The Morgan fingerprint density at radius 2 is 1.95 bits per heavy atom. The highest BCUT2D eigenvalue weighted by molar-refractivity contribution is 5.20. The summed E-state index contributed by atoms with van der Waals surface area (Å²) in [6.07, 6.45) is 4.74. The number of hydrogen-bond acceptors (Lipinski definition) is 3. The second-order valence-electron chi connectivity index (χ2n) is 4.61. The molecule has 0 bridgehead atoms. The van der Waals surface area contributed by atoms with Gasteiger partial charge in [-0.15, -0.1) is 0 Å². The minimum atomic E-state index is 0.751. The van der Waals surface area contributed by atoms with Gasteiger partial charge in [-0.3, -0.25) is 4.98 Å². The molecule has 19 heavy (non-hydrogen) atoms. The van der Waals surface area contributed by atoms with Crippen LogP contribution in [0.15, 0.2) is 54.9 Å². The van der Waals surface area contributed by atoms with Gasteiger partial charge in [-0.25, -0.2) is 0 Å². The van der Waals surface area contributed by atoms with E-state index in [1.54, 1.807) is 6.20 Å². The molecular weight excluding hydrogens is 236 g/mol. The molecule has 3 nitrogen and oxygen atoms in total. The Morgan fingerprint density at radius 1 is 1.11 bits per heavy atom. The summed E-state index contributed by atoms with van der Waals surface area (Å²) in [5.74, 6) is 0.942. The average Bonchev–Trinajstić information content (AvgIpc) is 2.46. The van der Waals surface area contributed by atoms with Crippen molar-refractivity contribution in [2.75, 3.05) is 20.2 Å². The third-order valence-corrected chi connectivity index (χ3v) is 2.87. The highest BCUT2D eigenvalue weighted by atomic mass is 16.5. The van der Waals surface area contributed by atoms with Crippen LogP contribution in [0.1, 0.15) is 12.0 Å². The lowest BCUT2D eigenvalue weighted by molar-refractivity contribution is 0.258. The number of hydrogen-bond donors (Lipinski definition) is 0. The molecule has 100 valence electrons. The van der Waals surface area contributed by atoms with Crippen molar-refractivity contribution >= 4 is 0 Å². The third-order valence-electron chi connectivity index (χ3n) is 2.87. The van der Waals surface area contributed by atoms with Gasteiger partial charge in [-0.2, -0.15) is 0 Å². The number of pyridine rings is 1. The molecule has 0 spiro atoms. The molecule has 0 aliphatic carbocycles. The van der Waals surface area contributed by atoms with Gasteiger partial charge in [0.15, 0.2) is 0 Å². The van der Waals surface area contributed by atoms with Gasteiger partial charge in [0.1, 0.15) is 5.75 Å². The lowest BCUT2D eigenvalue weighted by Gasteiger charge is -2.16. The maximum absolute atomic E-state index is 5.67. The molecule has 0 amide bonds. The molecule has 0 aliphatic rings. The first-order chi connectivity index (χ1) is 9.34. The van der Waals surface area contributed by atoms with Crippen LogP contribution in [-0.4, -0.2) is 30.1 Å². The molecule has 1 aromatic carbocycles. The van der Waals surface area contributed by atoms with E-state index in [9.17, 15) is 0 Å². The van der Waals surface area contributed by atoms with Crippen LogP contribution in [0.2, 0.25) is 0 Å². The number of benzene rings is 1. The van der Waals surface area contributed by atoms with Crippen LogP contribution < -0.4 is 4.74 Å². The molecule has 0 unspecified atom stereocenters. The first kappa shape index (κ1) is 13.6. The normalized spacial score (nSPS) is 10.6. The first-order valence-electron chi connectivity index (χ1n) is 6.60. The molecule has 0 saturated heterocycles. The van der Waals surface area contributed by atoms with Crippen LogP contribution in [0, 0.1) is 0 Å². The van der Waals surface area contributed by atoms with E-state index < -0.39 is 0 Å². The van der Waals surface area contributed by atoms with Crippen molar-refractivity contribution in [2.45, 2.75) is 13.0 Å². The first-order valence-corrected chi connectivity index (χ1v) is 6.60. The molecule has 0 atom stereocenters. The molecule has 0 saturated carbocycles. The summed E-state index contributed by atoms with van der Waals surface area (Å²) in [6, 6.07) is 14.0. The fourth-order valence-corrected chi connectivity index (χ4v) is 1.92. The van der Waals surface area contributed by atoms with Crippen molar-refractivity contribution in [2.24, 2.45) is 0 Å². The Bertz CT molecular complexity index is 459. The minimum Gasteiger partial charge on any atom is -0.494 e. The highest BCUT2D eigenvalue weighted by Gasteiger charge is 2.00. The summed E-state index contributed by atoms with van der Waals surface area (Å²) >= 11 is 0. The number of nitrogens with zero attached hydrogens (tertiary/aromatic N) is 2. The minimum absolute atomic E-state index is 0.751. The molecule has 1 aromatic heterocycles. The Hall–Kier alpha value is -1.87. The molecule has 1 heterocycles. The van der Waals surface area contributed by atoms with Gasteiger partial charge in [0.2, 0.25) is 0 Å². The van der Waals surface area contributed by atoms with Crippen LogP contribution in [0.4, 0.5) is 0 Å². The van der Waals surface area contributed by atoms with Crippen LogP contribution in [0.3, 0.4) is 0 Å². The molecule has 2 rings (SSSR count). The average molecular weight is 256 g/mol. The van der Waals surface area contributed by atoms with E-state index in [2.05, 4.69) is 23.0 Å². The number of rotatable bonds is 7. The molecule has 0 fully saturated rings. The molecular formula is C16H20N2O. The summed E-state index contributed by atoms with van der Waals surface area (Å²) in [6.45, 7) is 2.70. The summed E-state index contributed by atoms with van der Waals surface area (Å²) in [5, 5.41) is 0. The zero-order valence-electron chi connectivity index (χ0n) is 11.3. The van der Waals surface area contributed by atoms with Crippen LogP contribution >= 0.6 is 0 Å². The standard InChI is InChI=1S/C16H20N2O/c1-18(14-15-7-5-10-17-13-15)11-6-12-19-16-8-3-2-4-9-16/h2-5,7-10,13H,6,11-12,14H2,1H3. The lowest BCUT2D eigenvalue weighted by atomic mass is 10.2. The van der Waals surface area contributed by atoms with E-state index in [1.807, 2.05) is 42.6 Å². The van der Waals surface area contributed by atoms with Crippen molar-refractivity contribution in [1.29, 1.82) is 0 Å². The van der Waals surface area contributed by atoms with Gasteiger partial charge >= 0.3 is 0 Å². The van der Waals surface area contributed by atoms with Gasteiger partial charge in [0.25, 0.3) is 0 Å². The fourth-order valence-electron chi connectivity index (χ4n) is 1.92. The Kier molecular flexibility index (Phi) is 5.38. The van der Waals surface area contributed by atoms with E-state index in [1.165, 1.54) is 5.56 Å². The third kappa shape index (κ3) is 5.10. The predicted molar refractivity (Wildman–Crippen MR) is 77.1 cm³/mol. The van der Waals surface area contributed by atoms with Crippen molar-refractivity contribution in [1.82, 2.24) is 9.88 Å². The van der Waals surface area contributed by atoms with Gasteiger partial charge in [0, 0.05) is 25.5 Å². The topological polar surface area (TPSA) is 25.4 Å². The molecule has 0 N–H and O–H groups in total. The maximum Gasteiger partial charge on any atom is 0.119 e. The number of ether oxygens (including phenoxy) is 1. The molecule has 0 aliphatic heterocycles. The van der Waals surface area contributed by atoms with Crippen molar-refractivity contribution < 1.29 is 4.74 Å². The van der Waals surface area contributed by atoms with Gasteiger partial charge in [0.05, 0.1) is 6.61 Å². The zero-order chi connectivity index (χ0) is 13.3. The molecule has 0 radical (unpaired) electrons. The molecule has 3 heteroatoms. The smallest absolute Gasteiger partial charge is 0.119 e. The van der Waals surface area contributed by atoms with Gasteiger partial charge in [-0.05, 0) is 37.2 Å². The number of para-hydroxylation sites is 1. The molecule has 2 aromatic rings. The monoisotopic (exact) mass is 256 g/mol. The number of aromatic nitrogens is 1. The Morgan fingerprint density at radius 3 is 2.68 bits per heavy atom. The van der Waals surface area contributed by atoms with Gasteiger partial charge in [-0.1, -0.05) is 24.3 Å². The summed E-state index contributed by atoms with van der Waals surface area (Å²) < 4.78 is 5.67. The zero-order valence-corrected chi connectivity index (χ0v) is 11.3. The van der Waals surface area contributed by atoms with E-state index >= 15 is 0 Å². The maximum atomic E-state index is 5.67.